The number of aromatic nitrogens is 1. The summed E-state index contributed by atoms with van der Waals surface area (Å²) in [6.45, 7) is 6.11. The Morgan fingerprint density at radius 1 is 1.27 bits per heavy atom. The van der Waals surface area contributed by atoms with E-state index in [1.807, 2.05) is 6.92 Å². The van der Waals surface area contributed by atoms with Gasteiger partial charge in [-0.3, -0.25) is 4.79 Å². The number of nitrogens with zero attached hydrogens (tertiary/aromatic N) is 3. The van der Waals surface area contributed by atoms with Gasteiger partial charge in [0, 0.05) is 19.6 Å². The predicted molar refractivity (Wildman–Crippen MR) is 108 cm³/mol. The molecule has 1 aromatic carbocycles. The van der Waals surface area contributed by atoms with Crippen LogP contribution in [0.4, 0.5) is 4.39 Å². The molecule has 30 heavy (non-hydrogen) atoms. The number of carbonyl (C=O) groups is 1. The van der Waals surface area contributed by atoms with Gasteiger partial charge in [-0.25, -0.2) is 12.8 Å². The fourth-order valence-corrected chi connectivity index (χ4v) is 6.47. The van der Waals surface area contributed by atoms with Crippen molar-refractivity contribution < 1.29 is 22.1 Å². The highest BCUT2D eigenvalue weighted by atomic mass is 32.2. The maximum absolute atomic E-state index is 13.7. The van der Waals surface area contributed by atoms with Crippen molar-refractivity contribution in [1.82, 2.24) is 14.4 Å². The maximum atomic E-state index is 13.7. The first kappa shape index (κ1) is 21.0. The lowest BCUT2D eigenvalue weighted by atomic mass is 9.90. The number of halogens is 1. The highest BCUT2D eigenvalue weighted by Gasteiger charge is 2.39. The van der Waals surface area contributed by atoms with Crippen molar-refractivity contribution in [1.29, 1.82) is 0 Å². The summed E-state index contributed by atoms with van der Waals surface area (Å²) in [5.41, 5.74) is 2.20. The Morgan fingerprint density at radius 2 is 2.03 bits per heavy atom. The third kappa shape index (κ3) is 3.54. The molecule has 2 aromatic rings. The number of hydrogen-bond acceptors (Lipinski definition) is 5. The molecule has 4 rings (SSSR count). The third-order valence-corrected chi connectivity index (χ3v) is 8.34. The van der Waals surface area contributed by atoms with E-state index in [-0.39, 0.29) is 35.0 Å². The quantitative estimate of drug-likeness (QED) is 0.740. The van der Waals surface area contributed by atoms with E-state index in [0.29, 0.717) is 38.0 Å². The van der Waals surface area contributed by atoms with Crippen LogP contribution in [-0.2, 0) is 21.2 Å². The van der Waals surface area contributed by atoms with Crippen molar-refractivity contribution in [3.63, 3.8) is 0 Å². The molecule has 1 amide bonds. The van der Waals surface area contributed by atoms with E-state index in [0.717, 1.165) is 11.1 Å². The summed E-state index contributed by atoms with van der Waals surface area (Å²) in [5, 5.41) is 3.76. The van der Waals surface area contributed by atoms with Crippen LogP contribution in [0, 0.1) is 25.6 Å². The number of benzene rings is 1. The fourth-order valence-electron chi connectivity index (χ4n) is 4.65. The van der Waals surface area contributed by atoms with Gasteiger partial charge in [-0.15, -0.1) is 0 Å². The molecule has 0 aliphatic carbocycles. The van der Waals surface area contributed by atoms with Crippen molar-refractivity contribution in [2.75, 3.05) is 19.6 Å². The molecule has 9 heteroatoms. The molecular weight excluding hydrogens is 409 g/mol. The molecule has 2 atom stereocenters. The van der Waals surface area contributed by atoms with Crippen LogP contribution in [-0.4, -0.2) is 48.3 Å². The molecule has 2 aliphatic heterocycles. The van der Waals surface area contributed by atoms with Crippen LogP contribution in [0.5, 0.6) is 0 Å². The molecule has 2 unspecified atom stereocenters. The Bertz CT molecular complexity index is 1060. The van der Waals surface area contributed by atoms with E-state index >= 15 is 0 Å². The second-order valence-electron chi connectivity index (χ2n) is 8.16. The monoisotopic (exact) mass is 435 g/mol. The lowest BCUT2D eigenvalue weighted by Gasteiger charge is -2.39. The Hall–Kier alpha value is -2.26. The van der Waals surface area contributed by atoms with Gasteiger partial charge in [-0.1, -0.05) is 11.2 Å². The normalized spacial score (nSPS) is 22.7. The SMILES string of the molecule is Cc1noc(C)c1S(=O)(=O)N1CCCC(C(=O)N2CCc3ccc(F)cc3C2C)C1. The van der Waals surface area contributed by atoms with Gasteiger partial charge in [-0.2, -0.15) is 4.31 Å². The van der Waals surface area contributed by atoms with E-state index < -0.39 is 15.9 Å². The second-order valence-corrected chi connectivity index (χ2v) is 10.0. The summed E-state index contributed by atoms with van der Waals surface area (Å²) in [7, 11) is -3.79. The highest BCUT2D eigenvalue weighted by Crippen LogP contribution is 2.34. The Balaban J connectivity index is 1.54. The van der Waals surface area contributed by atoms with Crippen LogP contribution in [0.3, 0.4) is 0 Å². The summed E-state index contributed by atoms with van der Waals surface area (Å²) in [4.78, 5) is 15.2. The van der Waals surface area contributed by atoms with E-state index in [1.165, 1.54) is 16.4 Å². The molecule has 0 spiro atoms. The van der Waals surface area contributed by atoms with Crippen molar-refractivity contribution in [3.8, 4) is 0 Å². The minimum atomic E-state index is -3.79. The molecule has 0 bridgehead atoms. The molecule has 2 aliphatic rings. The fraction of sp³-hybridized carbons (Fsp3) is 0.524. The van der Waals surface area contributed by atoms with Gasteiger partial charge in [-0.05, 0) is 63.3 Å². The summed E-state index contributed by atoms with van der Waals surface area (Å²) in [6, 6.07) is 4.48. The standard InChI is InChI=1S/C21H26FN3O4S/c1-13-20(15(3)29-23-13)30(27,28)24-9-4-5-17(12-24)21(26)25-10-8-16-6-7-18(22)11-19(16)14(25)2/h6-7,11,14,17H,4-5,8-10,12H2,1-3H3. The van der Waals surface area contributed by atoms with Gasteiger partial charge in [0.2, 0.25) is 15.9 Å². The Kier molecular flexibility index (Phi) is 5.44. The Morgan fingerprint density at radius 3 is 2.73 bits per heavy atom. The van der Waals surface area contributed by atoms with Crippen molar-refractivity contribution in [3.05, 3.63) is 46.6 Å². The number of amides is 1. The van der Waals surface area contributed by atoms with Crippen LogP contribution in [0.25, 0.3) is 0 Å². The minimum Gasteiger partial charge on any atom is -0.360 e. The van der Waals surface area contributed by atoms with Crippen LogP contribution in [0.15, 0.2) is 27.6 Å². The largest absolute Gasteiger partial charge is 0.360 e. The van der Waals surface area contributed by atoms with Gasteiger partial charge in [0.1, 0.15) is 16.4 Å². The lowest BCUT2D eigenvalue weighted by molar-refractivity contribution is -0.139. The Labute approximate surface area is 175 Å². The van der Waals surface area contributed by atoms with Gasteiger partial charge < -0.3 is 9.42 Å². The first-order valence-electron chi connectivity index (χ1n) is 10.2. The summed E-state index contributed by atoms with van der Waals surface area (Å²) in [5.74, 6) is -0.559. The number of sulfonamides is 1. The lowest BCUT2D eigenvalue weighted by Crippen LogP contribution is -2.48. The number of hydrogen-bond donors (Lipinski definition) is 0. The van der Waals surface area contributed by atoms with Crippen LogP contribution in [0.1, 0.15) is 48.4 Å². The first-order chi connectivity index (χ1) is 14.2. The van der Waals surface area contributed by atoms with Gasteiger partial charge in [0.05, 0.1) is 12.0 Å². The molecule has 0 saturated carbocycles. The van der Waals surface area contributed by atoms with Crippen LogP contribution < -0.4 is 0 Å². The molecule has 0 N–H and O–H groups in total. The van der Waals surface area contributed by atoms with E-state index in [1.54, 1.807) is 24.8 Å². The number of fused-ring (bicyclic) bond motifs is 1. The smallest absolute Gasteiger partial charge is 0.248 e. The highest BCUT2D eigenvalue weighted by molar-refractivity contribution is 7.89. The van der Waals surface area contributed by atoms with Crippen LogP contribution >= 0.6 is 0 Å². The van der Waals surface area contributed by atoms with E-state index in [2.05, 4.69) is 5.16 Å². The predicted octanol–water partition coefficient (Wildman–Crippen LogP) is 2.98. The number of carbonyl (C=O) groups excluding carboxylic acids is 1. The first-order valence-corrected chi connectivity index (χ1v) is 11.7. The van der Waals surface area contributed by atoms with Crippen molar-refractivity contribution in [2.45, 2.75) is 51.0 Å². The van der Waals surface area contributed by atoms with E-state index in [4.69, 9.17) is 4.52 Å². The number of aryl methyl sites for hydroxylation is 2. The van der Waals surface area contributed by atoms with Gasteiger partial charge in [0.25, 0.3) is 0 Å². The van der Waals surface area contributed by atoms with Crippen molar-refractivity contribution in [2.24, 2.45) is 5.92 Å². The second kappa shape index (κ2) is 7.77. The summed E-state index contributed by atoms with van der Waals surface area (Å²) in [6.07, 6.45) is 1.90. The number of rotatable bonds is 3. The molecule has 0 radical (unpaired) electrons. The number of piperidine rings is 1. The minimum absolute atomic E-state index is 0.0731. The zero-order chi connectivity index (χ0) is 21.6. The summed E-state index contributed by atoms with van der Waals surface area (Å²) >= 11 is 0. The van der Waals surface area contributed by atoms with Crippen molar-refractivity contribution >= 4 is 15.9 Å². The topological polar surface area (TPSA) is 83.7 Å². The van der Waals surface area contributed by atoms with Crippen LogP contribution in [0.2, 0.25) is 0 Å². The zero-order valence-corrected chi connectivity index (χ0v) is 18.2. The molecular formula is C21H26FN3O4S. The molecule has 3 heterocycles. The molecule has 1 aromatic heterocycles. The van der Waals surface area contributed by atoms with Gasteiger partial charge >= 0.3 is 0 Å². The maximum Gasteiger partial charge on any atom is 0.248 e. The van der Waals surface area contributed by atoms with E-state index in [9.17, 15) is 17.6 Å². The average Bonchev–Trinajstić information content (AvgIpc) is 3.07. The third-order valence-electron chi connectivity index (χ3n) is 6.23. The molecule has 7 nitrogen and oxygen atoms in total. The molecule has 1 fully saturated rings. The summed E-state index contributed by atoms with van der Waals surface area (Å²) < 4.78 is 46.5. The zero-order valence-electron chi connectivity index (χ0n) is 17.4. The molecule has 162 valence electrons. The average molecular weight is 436 g/mol. The van der Waals surface area contributed by atoms with Gasteiger partial charge in [0.15, 0.2) is 5.76 Å². The molecule has 1 saturated heterocycles.